The molecule has 0 saturated carbocycles. The molecule has 316 valence electrons. The highest BCUT2D eigenvalue weighted by Crippen LogP contribution is 2.48. The summed E-state index contributed by atoms with van der Waals surface area (Å²) >= 11 is 3.43. The molecule has 5 N–H and O–H groups in total. The van der Waals surface area contributed by atoms with Crippen LogP contribution >= 0.6 is 15.9 Å². The van der Waals surface area contributed by atoms with Crippen LogP contribution in [0.25, 0.3) is 33.0 Å². The lowest BCUT2D eigenvalue weighted by molar-refractivity contribution is -0.160. The van der Waals surface area contributed by atoms with E-state index in [9.17, 15) is 39.6 Å². The van der Waals surface area contributed by atoms with E-state index >= 15 is 0 Å². The highest BCUT2D eigenvalue weighted by atomic mass is 79.9. The van der Waals surface area contributed by atoms with Crippen LogP contribution in [0.2, 0.25) is 0 Å². The Bertz CT molecular complexity index is 2470. The minimum absolute atomic E-state index is 0.0493. The summed E-state index contributed by atoms with van der Waals surface area (Å²) in [7, 11) is 1.45. The van der Waals surface area contributed by atoms with Crippen molar-refractivity contribution in [1.29, 1.82) is 0 Å². The van der Waals surface area contributed by atoms with Crippen LogP contribution in [0, 0.1) is 30.6 Å². The third-order valence-electron chi connectivity index (χ3n) is 11.2. The molecule has 59 heavy (non-hydrogen) atoms. The summed E-state index contributed by atoms with van der Waals surface area (Å²) in [5.74, 6) is -4.45. The number of anilines is 1. The van der Waals surface area contributed by atoms with Gasteiger partial charge in [-0.2, -0.15) is 0 Å². The van der Waals surface area contributed by atoms with Crippen LogP contribution in [0.1, 0.15) is 71.3 Å². The molecular formula is C44H51BrN2O12. The molecule has 14 nitrogen and oxygen atoms in total. The number of amides is 1. The third kappa shape index (κ3) is 8.65. The molecule has 0 spiro atoms. The molecule has 0 aliphatic carbocycles. The molecule has 0 radical (unpaired) electrons. The molecule has 0 bridgehead atoms. The van der Waals surface area contributed by atoms with E-state index in [1.54, 1.807) is 71.9 Å². The Hall–Kier alpha value is -5.09. The van der Waals surface area contributed by atoms with Gasteiger partial charge in [0.15, 0.2) is 27.9 Å². The minimum atomic E-state index is -1.29. The van der Waals surface area contributed by atoms with Gasteiger partial charge in [-0.1, -0.05) is 61.9 Å². The number of Topliss-reactive ketones (excluding diaryl/α,β-unsaturated/α-hetero) is 1. The monoisotopic (exact) mass is 878 g/mol. The molecule has 4 aromatic rings. The summed E-state index contributed by atoms with van der Waals surface area (Å²) in [4.78, 5) is 58.2. The van der Waals surface area contributed by atoms with E-state index in [-0.39, 0.29) is 50.0 Å². The maximum Gasteiger partial charge on any atom is 0.302 e. The number of carbonyl (C=O) groups is 3. The minimum Gasteiger partial charge on any atom is -0.516 e. The molecule has 8 atom stereocenters. The predicted octanol–water partition coefficient (Wildman–Crippen LogP) is 7.35. The van der Waals surface area contributed by atoms with Crippen molar-refractivity contribution < 1.29 is 53.4 Å². The number of hydrogen-bond acceptors (Lipinski definition) is 13. The van der Waals surface area contributed by atoms with Gasteiger partial charge in [0.1, 0.15) is 28.6 Å². The maximum atomic E-state index is 13.9. The van der Waals surface area contributed by atoms with Crippen molar-refractivity contribution in [2.45, 2.75) is 92.3 Å². The fourth-order valence-electron chi connectivity index (χ4n) is 7.68. The maximum absolute atomic E-state index is 13.9. The van der Waals surface area contributed by atoms with E-state index in [1.165, 1.54) is 40.0 Å². The van der Waals surface area contributed by atoms with Crippen LogP contribution in [0.3, 0.4) is 0 Å². The molecule has 1 aromatic heterocycles. The Morgan fingerprint density at radius 1 is 1.00 bits per heavy atom. The van der Waals surface area contributed by atoms with Gasteiger partial charge in [0.05, 0.1) is 35.5 Å². The fraction of sp³-hybridized carbons (Fsp3) is 0.432. The Morgan fingerprint density at radius 3 is 2.31 bits per heavy atom. The number of ether oxygens (including phenoxy) is 3. The van der Waals surface area contributed by atoms with Crippen molar-refractivity contribution in [3.63, 3.8) is 0 Å². The number of aromatic hydroxyl groups is 1. The Morgan fingerprint density at radius 2 is 1.68 bits per heavy atom. The van der Waals surface area contributed by atoms with Crippen molar-refractivity contribution in [1.82, 2.24) is 4.98 Å². The van der Waals surface area contributed by atoms with Gasteiger partial charge in [0.2, 0.25) is 5.78 Å². The lowest BCUT2D eigenvalue weighted by Crippen LogP contribution is -2.46. The number of ketones is 1. The van der Waals surface area contributed by atoms with Gasteiger partial charge in [-0.05, 0) is 52.0 Å². The lowest BCUT2D eigenvalue weighted by Gasteiger charge is -2.37. The number of hydrogen-bond donors (Lipinski definition) is 5. The molecule has 15 heteroatoms. The lowest BCUT2D eigenvalue weighted by atomic mass is 9.78. The average molecular weight is 880 g/mol. The second-order valence-corrected chi connectivity index (χ2v) is 16.7. The van der Waals surface area contributed by atoms with E-state index in [2.05, 4.69) is 21.2 Å². The van der Waals surface area contributed by atoms with Crippen LogP contribution < -0.4 is 15.5 Å². The molecule has 1 amide bonds. The fourth-order valence-corrected chi connectivity index (χ4v) is 8.03. The number of benzene rings is 3. The molecule has 0 unspecified atom stereocenters. The molecule has 0 saturated heterocycles. The highest BCUT2D eigenvalue weighted by molar-refractivity contribution is 9.10. The molecule has 3 aromatic carbocycles. The van der Waals surface area contributed by atoms with Crippen molar-refractivity contribution in [2.24, 2.45) is 23.7 Å². The number of fused-ring (bicyclic) bond motifs is 6. The predicted molar refractivity (Wildman–Crippen MR) is 227 cm³/mol. The number of allylic oxidation sites excluding steroid dienone is 2. The number of aliphatic hydroxyl groups excluding tert-OH is 3. The van der Waals surface area contributed by atoms with E-state index in [4.69, 9.17) is 23.6 Å². The first-order valence-corrected chi connectivity index (χ1v) is 20.0. The number of rotatable bonds is 14. The van der Waals surface area contributed by atoms with Crippen LogP contribution in [0.4, 0.5) is 5.69 Å². The normalized spacial score (nSPS) is 18.4. The van der Waals surface area contributed by atoms with Crippen LogP contribution in [-0.4, -0.2) is 80.2 Å². The van der Waals surface area contributed by atoms with Crippen molar-refractivity contribution >= 4 is 72.2 Å². The summed E-state index contributed by atoms with van der Waals surface area (Å²) in [6.45, 7) is 14.4. The zero-order valence-electron chi connectivity index (χ0n) is 34.6. The summed E-state index contributed by atoms with van der Waals surface area (Å²) < 4.78 is 23.9. The van der Waals surface area contributed by atoms with Crippen LogP contribution in [0.5, 0.6) is 11.5 Å². The number of carbonyl (C=O) groups excluding carboxylic acids is 3. The van der Waals surface area contributed by atoms with Gasteiger partial charge in [-0.3, -0.25) is 19.2 Å². The standard InChI is InChI=1S/C44H51BrN2O12/c1-19(35(50)22(4)36(51)23(5)39(57-25(7)49)21(3)28(56-10)16-17-48)12-11-13-20(2)43(55)47-34-38(53)31-30(32-40(24(6)37(31)52)59-44(8,9)42(32)54)33-41(34)58-29-15-14-26(45)18-27(29)46-33/h11-19,21-23,28,35-36,39,48,50-51,53H,1-10H3,(H,47,55)/b12-11+,17-16+,20-13-/t19-,21+,22+,23+,28-,35-,36+,39+/m0/s1. The quantitative estimate of drug-likeness (QED) is 0.0160. The molecule has 2 heterocycles. The van der Waals surface area contributed by atoms with Gasteiger partial charge in [0.25, 0.3) is 5.91 Å². The second kappa shape index (κ2) is 17.6. The number of halogens is 1. The first kappa shape index (κ1) is 45.0. The van der Waals surface area contributed by atoms with Crippen molar-refractivity contribution in [3.8, 4) is 11.5 Å². The number of aromatic nitrogens is 1. The Balaban J connectivity index is 1.44. The van der Waals surface area contributed by atoms with Gasteiger partial charge < -0.3 is 44.4 Å². The topological polar surface area (TPSA) is 215 Å². The first-order chi connectivity index (χ1) is 27.7. The van der Waals surface area contributed by atoms with Crippen molar-refractivity contribution in [3.05, 3.63) is 80.2 Å². The zero-order chi connectivity index (χ0) is 43.8. The Kier molecular flexibility index (Phi) is 13.5. The smallest absolute Gasteiger partial charge is 0.302 e. The van der Waals surface area contributed by atoms with Gasteiger partial charge in [0, 0.05) is 58.7 Å². The van der Waals surface area contributed by atoms with Crippen LogP contribution in [-0.2, 0) is 19.1 Å². The summed E-state index contributed by atoms with van der Waals surface area (Å²) in [6, 6.07) is 5.07. The second-order valence-electron chi connectivity index (χ2n) is 15.8. The molecule has 0 fully saturated rings. The number of nitrogens with one attached hydrogen (secondary N) is 1. The van der Waals surface area contributed by atoms with Crippen LogP contribution in [0.15, 0.2) is 68.0 Å². The van der Waals surface area contributed by atoms with Crippen molar-refractivity contribution in [2.75, 3.05) is 12.4 Å². The van der Waals surface area contributed by atoms with E-state index in [0.717, 1.165) is 6.26 Å². The third-order valence-corrected chi connectivity index (χ3v) is 11.7. The number of methoxy groups -OCH3 is 1. The molecular weight excluding hydrogens is 828 g/mol. The first-order valence-electron chi connectivity index (χ1n) is 19.2. The van der Waals surface area contributed by atoms with Gasteiger partial charge >= 0.3 is 5.97 Å². The number of aliphatic hydroxyl groups is 3. The summed E-state index contributed by atoms with van der Waals surface area (Å²) in [6.07, 6.45) is 3.38. The van der Waals surface area contributed by atoms with E-state index < -0.39 is 82.5 Å². The number of esters is 1. The molecule has 1 aliphatic heterocycles. The molecule has 5 rings (SSSR count). The largest absolute Gasteiger partial charge is 0.516 e. The SMILES string of the molecule is CO[C@@H](/C=C/O)[C@@H](C)[C@@H](OC(C)=O)[C@H](C)[C@H](O)[C@H](C)[C@@H](O)[C@@H](C)/C=C/C=C(/C)C(=O)Nc1c(O)c2c(=O)c(C)c3c(c2c2nc4cc(Br)ccc4oc12)C(=O)C(C)(C)O3. The summed E-state index contributed by atoms with van der Waals surface area (Å²) in [5.41, 5.74) is -1.08. The number of phenols is 1. The highest BCUT2D eigenvalue weighted by Gasteiger charge is 2.44. The average Bonchev–Trinajstić information content (AvgIpc) is 3.44. The zero-order valence-corrected chi connectivity index (χ0v) is 36.2. The molecule has 1 aliphatic rings. The van der Waals surface area contributed by atoms with E-state index in [1.807, 2.05) is 0 Å². The van der Waals surface area contributed by atoms with E-state index in [0.29, 0.717) is 15.6 Å². The summed E-state index contributed by atoms with van der Waals surface area (Å²) in [5, 5.41) is 46.3. The Labute approximate surface area is 349 Å². The number of phenolic OH excluding ortho intramolecular Hbond substituents is 1. The number of nitrogens with zero attached hydrogens (tertiary/aromatic N) is 1. The van der Waals surface area contributed by atoms with Gasteiger partial charge in [-0.15, -0.1) is 0 Å². The van der Waals surface area contributed by atoms with Gasteiger partial charge in [-0.25, -0.2) is 4.98 Å².